The maximum absolute atomic E-state index is 13.3. The van der Waals surface area contributed by atoms with Crippen LogP contribution in [-0.4, -0.2) is 10.2 Å². The molecule has 0 saturated carbocycles. The topological polar surface area (TPSA) is 37.8 Å². The second-order valence-corrected chi connectivity index (χ2v) is 4.88. The van der Waals surface area contributed by atoms with Gasteiger partial charge in [0.2, 0.25) is 0 Å². The van der Waals surface area contributed by atoms with Gasteiger partial charge >= 0.3 is 0 Å². The lowest BCUT2D eigenvalue weighted by molar-refractivity contribution is 0.623. The highest BCUT2D eigenvalue weighted by molar-refractivity contribution is 5.43. The number of aryl methyl sites for hydroxylation is 3. The van der Waals surface area contributed by atoms with E-state index >= 15 is 0 Å². The summed E-state index contributed by atoms with van der Waals surface area (Å²) in [5.41, 5.74) is 3.87. The maximum Gasteiger partial charge on any atom is 0.149 e. The van der Waals surface area contributed by atoms with E-state index in [1.165, 1.54) is 0 Å². The molecule has 1 aromatic heterocycles. The van der Waals surface area contributed by atoms with Gasteiger partial charge in [0, 0.05) is 1.43 Å². The molecule has 3 nitrogen and oxygen atoms in total. The predicted octanol–water partition coefficient (Wildman–Crippen LogP) is 4.99. The van der Waals surface area contributed by atoms with Crippen molar-refractivity contribution in [3.63, 3.8) is 0 Å². The van der Waals surface area contributed by atoms with E-state index in [1.54, 1.807) is 12.1 Å². The summed E-state index contributed by atoms with van der Waals surface area (Å²) >= 11 is 0. The summed E-state index contributed by atoms with van der Waals surface area (Å²) in [4.78, 5) is 0. The predicted molar refractivity (Wildman–Crippen MR) is 88.1 cm³/mol. The van der Waals surface area contributed by atoms with E-state index in [-0.39, 0.29) is 13.3 Å². The summed E-state index contributed by atoms with van der Waals surface area (Å²) < 4.78 is 13.3. The van der Waals surface area contributed by atoms with Crippen LogP contribution in [0.4, 0.5) is 10.2 Å². The van der Waals surface area contributed by atoms with Crippen LogP contribution in [0.25, 0.3) is 0 Å². The van der Waals surface area contributed by atoms with Crippen LogP contribution in [0.3, 0.4) is 0 Å². The van der Waals surface area contributed by atoms with Gasteiger partial charge in [-0.1, -0.05) is 13.8 Å². The zero-order valence-corrected chi connectivity index (χ0v) is 13.7. The molecule has 1 aromatic carbocycles. The standard InChI is InChI=1S/C15H18FN3.C2H6.H2/c1-9-7-13(16)8-10(2)15(9)12(4)17-14-6-5-11(3)18-19-14;1-2;/h5-8,12H,1-4H3,(H,17,19);1-2H3;1H/t12-;;/m0../s1. The van der Waals surface area contributed by atoms with Crippen molar-refractivity contribution >= 4 is 5.82 Å². The third-order valence-electron chi connectivity index (χ3n) is 3.15. The lowest BCUT2D eigenvalue weighted by Crippen LogP contribution is -2.12. The van der Waals surface area contributed by atoms with Gasteiger partial charge in [-0.3, -0.25) is 0 Å². The summed E-state index contributed by atoms with van der Waals surface area (Å²) in [5.74, 6) is 0.530. The van der Waals surface area contributed by atoms with Crippen LogP contribution in [0, 0.1) is 26.6 Å². The van der Waals surface area contributed by atoms with Crippen LogP contribution in [0.15, 0.2) is 24.3 Å². The zero-order valence-electron chi connectivity index (χ0n) is 13.7. The fourth-order valence-electron chi connectivity index (χ4n) is 2.37. The average Bonchev–Trinajstić information content (AvgIpc) is 2.42. The monoisotopic (exact) mass is 291 g/mol. The molecular weight excluding hydrogens is 265 g/mol. The SMILES string of the molecule is CC.Cc1ccc(N[C@@H](C)c2c(C)cc(F)cc2C)nn1.[HH]. The van der Waals surface area contributed by atoms with Crippen molar-refractivity contribution in [1.82, 2.24) is 10.2 Å². The molecule has 116 valence electrons. The minimum atomic E-state index is -0.193. The largest absolute Gasteiger partial charge is 0.362 e. The fraction of sp³-hybridized carbons (Fsp3) is 0.412. The third kappa shape index (κ3) is 4.52. The molecule has 1 atom stereocenters. The molecular formula is C17H26FN3. The van der Waals surface area contributed by atoms with Gasteiger partial charge in [0.1, 0.15) is 11.6 Å². The van der Waals surface area contributed by atoms with Gasteiger partial charge in [-0.2, -0.15) is 5.10 Å². The van der Waals surface area contributed by atoms with Crippen molar-refractivity contribution in [3.05, 3.63) is 52.5 Å². The molecule has 0 amide bonds. The molecule has 2 rings (SSSR count). The number of halogens is 1. The number of nitrogens with zero attached hydrogens (tertiary/aromatic N) is 2. The second-order valence-electron chi connectivity index (χ2n) is 4.88. The van der Waals surface area contributed by atoms with Gasteiger partial charge in [0.15, 0.2) is 0 Å². The first-order chi connectivity index (χ1) is 9.97. The van der Waals surface area contributed by atoms with E-state index in [1.807, 2.05) is 53.7 Å². The number of hydrogen-bond acceptors (Lipinski definition) is 3. The number of benzene rings is 1. The summed E-state index contributed by atoms with van der Waals surface area (Å²) in [6, 6.07) is 6.97. The smallest absolute Gasteiger partial charge is 0.149 e. The number of anilines is 1. The number of aromatic nitrogens is 2. The highest BCUT2D eigenvalue weighted by atomic mass is 19.1. The first-order valence-electron chi connectivity index (χ1n) is 7.31. The van der Waals surface area contributed by atoms with Gasteiger partial charge in [0.05, 0.1) is 11.7 Å². The molecule has 0 aliphatic carbocycles. The first-order valence-corrected chi connectivity index (χ1v) is 7.31. The van der Waals surface area contributed by atoms with Crippen LogP contribution in [0.1, 0.15) is 50.6 Å². The van der Waals surface area contributed by atoms with E-state index in [9.17, 15) is 4.39 Å². The number of hydrogen-bond donors (Lipinski definition) is 1. The Morgan fingerprint density at radius 1 is 1.05 bits per heavy atom. The minimum Gasteiger partial charge on any atom is -0.362 e. The Hall–Kier alpha value is -1.97. The number of nitrogens with one attached hydrogen (secondary N) is 1. The van der Waals surface area contributed by atoms with Crippen molar-refractivity contribution in [2.24, 2.45) is 0 Å². The number of rotatable bonds is 3. The van der Waals surface area contributed by atoms with Gasteiger partial charge < -0.3 is 5.32 Å². The summed E-state index contributed by atoms with van der Waals surface area (Å²) in [5, 5.41) is 11.4. The Bertz CT molecular complexity index is 562. The summed E-state index contributed by atoms with van der Waals surface area (Å²) in [6.07, 6.45) is 0. The van der Waals surface area contributed by atoms with Crippen molar-refractivity contribution in [2.45, 2.75) is 47.6 Å². The molecule has 0 bridgehead atoms. The normalized spacial score (nSPS) is 11.4. The highest BCUT2D eigenvalue weighted by Crippen LogP contribution is 2.25. The van der Waals surface area contributed by atoms with E-state index in [2.05, 4.69) is 15.5 Å². The molecule has 0 fully saturated rings. The Labute approximate surface area is 128 Å². The molecule has 0 spiro atoms. The molecule has 0 unspecified atom stereocenters. The van der Waals surface area contributed by atoms with E-state index < -0.39 is 0 Å². The molecule has 1 N–H and O–H groups in total. The van der Waals surface area contributed by atoms with Crippen molar-refractivity contribution in [3.8, 4) is 0 Å². The zero-order chi connectivity index (χ0) is 16.0. The summed E-state index contributed by atoms with van der Waals surface area (Å²) in [7, 11) is 0. The summed E-state index contributed by atoms with van der Waals surface area (Å²) in [6.45, 7) is 11.8. The Balaban J connectivity index is 0.00000141. The Kier molecular flexibility index (Phi) is 6.28. The van der Waals surface area contributed by atoms with E-state index in [0.717, 1.165) is 28.2 Å². The molecule has 0 aliphatic rings. The van der Waals surface area contributed by atoms with Gasteiger partial charge in [0.25, 0.3) is 0 Å². The molecule has 0 aliphatic heterocycles. The van der Waals surface area contributed by atoms with Crippen LogP contribution in [0.2, 0.25) is 0 Å². The highest BCUT2D eigenvalue weighted by Gasteiger charge is 2.13. The van der Waals surface area contributed by atoms with Gasteiger partial charge in [-0.05, 0) is 68.7 Å². The lowest BCUT2D eigenvalue weighted by Gasteiger charge is -2.19. The van der Waals surface area contributed by atoms with Crippen LogP contribution >= 0.6 is 0 Å². The third-order valence-corrected chi connectivity index (χ3v) is 3.15. The maximum atomic E-state index is 13.3. The van der Waals surface area contributed by atoms with Gasteiger partial charge in [-0.15, -0.1) is 5.10 Å². The molecule has 0 radical (unpaired) electrons. The Morgan fingerprint density at radius 2 is 1.62 bits per heavy atom. The molecule has 4 heteroatoms. The van der Waals surface area contributed by atoms with Crippen molar-refractivity contribution in [2.75, 3.05) is 5.32 Å². The quantitative estimate of drug-likeness (QED) is 0.866. The van der Waals surface area contributed by atoms with Crippen LogP contribution < -0.4 is 5.32 Å². The average molecular weight is 291 g/mol. The van der Waals surface area contributed by atoms with Crippen molar-refractivity contribution in [1.29, 1.82) is 0 Å². The molecule has 0 saturated heterocycles. The second kappa shape index (κ2) is 7.72. The molecule has 2 aromatic rings. The minimum absolute atomic E-state index is 0. The van der Waals surface area contributed by atoms with Crippen LogP contribution in [-0.2, 0) is 0 Å². The Morgan fingerprint density at radius 3 is 2.10 bits per heavy atom. The van der Waals surface area contributed by atoms with Gasteiger partial charge in [-0.25, -0.2) is 4.39 Å². The van der Waals surface area contributed by atoms with Crippen molar-refractivity contribution < 1.29 is 5.82 Å². The van der Waals surface area contributed by atoms with Crippen LogP contribution in [0.5, 0.6) is 0 Å². The first kappa shape index (κ1) is 17.1. The fourth-order valence-corrected chi connectivity index (χ4v) is 2.37. The van der Waals surface area contributed by atoms with E-state index in [4.69, 9.17) is 0 Å². The molecule has 1 heterocycles. The lowest BCUT2D eigenvalue weighted by atomic mass is 9.97. The van der Waals surface area contributed by atoms with E-state index in [0.29, 0.717) is 0 Å². The molecule has 21 heavy (non-hydrogen) atoms.